The third kappa shape index (κ3) is 1.74. The lowest BCUT2D eigenvalue weighted by Crippen LogP contribution is -1.84. The summed E-state index contributed by atoms with van der Waals surface area (Å²) in [4.78, 5) is 1.48. The van der Waals surface area contributed by atoms with Gasteiger partial charge in [0, 0.05) is 9.58 Å². The largest absolute Gasteiger partial charge is 0.497 e. The van der Waals surface area contributed by atoms with Gasteiger partial charge in [0.2, 0.25) is 0 Å². The first-order valence-electron chi connectivity index (χ1n) is 5.20. The van der Waals surface area contributed by atoms with Crippen molar-refractivity contribution in [2.45, 2.75) is 26.7 Å². The molecule has 0 bridgehead atoms. The van der Waals surface area contributed by atoms with Crippen LogP contribution in [0.15, 0.2) is 18.2 Å². The average Bonchev–Trinajstić information content (AvgIpc) is 2.55. The Hall–Kier alpha value is -1.02. The molecule has 0 saturated heterocycles. The molecule has 15 heavy (non-hydrogen) atoms. The molecule has 1 aromatic carbocycles. The van der Waals surface area contributed by atoms with Crippen LogP contribution in [0.1, 0.15) is 30.2 Å². The van der Waals surface area contributed by atoms with E-state index in [1.54, 1.807) is 7.11 Å². The fourth-order valence-corrected chi connectivity index (χ4v) is 3.14. The first-order chi connectivity index (χ1) is 7.13. The Kier molecular flexibility index (Phi) is 2.70. The van der Waals surface area contributed by atoms with Crippen LogP contribution in [0.5, 0.6) is 5.75 Å². The van der Waals surface area contributed by atoms with Gasteiger partial charge in [-0.1, -0.05) is 13.8 Å². The standard InChI is InChI=1S/C13H16OS/c1-8(2)13-9(3)11-6-5-10(14-4)7-12(11)15-13/h5-8H,1-4H3. The first-order valence-corrected chi connectivity index (χ1v) is 6.02. The zero-order valence-corrected chi connectivity index (χ0v) is 10.4. The van der Waals surface area contributed by atoms with Gasteiger partial charge >= 0.3 is 0 Å². The van der Waals surface area contributed by atoms with E-state index >= 15 is 0 Å². The highest BCUT2D eigenvalue weighted by Gasteiger charge is 2.11. The summed E-state index contributed by atoms with van der Waals surface area (Å²) in [7, 11) is 1.71. The van der Waals surface area contributed by atoms with Crippen molar-refractivity contribution in [2.24, 2.45) is 0 Å². The van der Waals surface area contributed by atoms with Gasteiger partial charge in [0.25, 0.3) is 0 Å². The molecule has 2 heteroatoms. The predicted octanol–water partition coefficient (Wildman–Crippen LogP) is 4.34. The predicted molar refractivity (Wildman–Crippen MR) is 67.2 cm³/mol. The monoisotopic (exact) mass is 220 g/mol. The lowest BCUT2D eigenvalue weighted by molar-refractivity contribution is 0.415. The fourth-order valence-electron chi connectivity index (χ4n) is 1.90. The molecule has 0 amide bonds. The van der Waals surface area contributed by atoms with E-state index in [4.69, 9.17) is 4.74 Å². The van der Waals surface area contributed by atoms with Crippen molar-refractivity contribution in [3.05, 3.63) is 28.6 Å². The van der Waals surface area contributed by atoms with Crippen LogP contribution in [0.4, 0.5) is 0 Å². The Morgan fingerprint density at radius 3 is 2.60 bits per heavy atom. The SMILES string of the molecule is COc1ccc2c(C)c(C(C)C)sc2c1. The summed E-state index contributed by atoms with van der Waals surface area (Å²) in [6.45, 7) is 6.70. The second-order valence-corrected chi connectivity index (χ2v) is 5.19. The Morgan fingerprint density at radius 1 is 1.27 bits per heavy atom. The maximum atomic E-state index is 5.24. The van der Waals surface area contributed by atoms with E-state index < -0.39 is 0 Å². The molecule has 2 aromatic rings. The Labute approximate surface area is 94.7 Å². The molecular formula is C13H16OS. The molecular weight excluding hydrogens is 204 g/mol. The molecule has 1 heterocycles. The molecule has 0 saturated carbocycles. The van der Waals surface area contributed by atoms with Gasteiger partial charge in [-0.3, -0.25) is 0 Å². The van der Waals surface area contributed by atoms with E-state index in [-0.39, 0.29) is 0 Å². The minimum atomic E-state index is 0.605. The summed E-state index contributed by atoms with van der Waals surface area (Å²) >= 11 is 1.88. The fraction of sp³-hybridized carbons (Fsp3) is 0.385. The van der Waals surface area contributed by atoms with Gasteiger partial charge < -0.3 is 4.74 Å². The third-order valence-corrected chi connectivity index (χ3v) is 4.26. The molecule has 0 fully saturated rings. The molecule has 80 valence electrons. The average molecular weight is 220 g/mol. The van der Waals surface area contributed by atoms with Gasteiger partial charge in [-0.25, -0.2) is 0 Å². The van der Waals surface area contributed by atoms with Crippen molar-refractivity contribution in [2.75, 3.05) is 7.11 Å². The molecule has 0 N–H and O–H groups in total. The number of rotatable bonds is 2. The van der Waals surface area contributed by atoms with Gasteiger partial charge in [-0.2, -0.15) is 0 Å². The number of aryl methyl sites for hydroxylation is 1. The van der Waals surface area contributed by atoms with Crippen molar-refractivity contribution in [3.8, 4) is 5.75 Å². The third-order valence-electron chi connectivity index (χ3n) is 2.71. The number of ether oxygens (including phenoxy) is 1. The van der Waals surface area contributed by atoms with Crippen LogP contribution in [0, 0.1) is 6.92 Å². The van der Waals surface area contributed by atoms with Crippen LogP contribution < -0.4 is 4.74 Å². The van der Waals surface area contributed by atoms with Crippen molar-refractivity contribution in [1.29, 1.82) is 0 Å². The number of methoxy groups -OCH3 is 1. The minimum absolute atomic E-state index is 0.605. The van der Waals surface area contributed by atoms with Crippen molar-refractivity contribution in [1.82, 2.24) is 0 Å². The summed E-state index contributed by atoms with van der Waals surface area (Å²) in [6, 6.07) is 6.32. The summed E-state index contributed by atoms with van der Waals surface area (Å²) < 4.78 is 6.57. The van der Waals surface area contributed by atoms with Crippen LogP contribution in [-0.4, -0.2) is 7.11 Å². The lowest BCUT2D eigenvalue weighted by Gasteiger charge is -2.01. The van der Waals surface area contributed by atoms with Crippen LogP contribution >= 0.6 is 11.3 Å². The Bertz CT molecular complexity index is 482. The van der Waals surface area contributed by atoms with Gasteiger partial charge in [0.1, 0.15) is 5.75 Å². The zero-order valence-electron chi connectivity index (χ0n) is 9.63. The highest BCUT2D eigenvalue weighted by atomic mass is 32.1. The molecule has 0 aliphatic carbocycles. The van der Waals surface area contributed by atoms with E-state index in [2.05, 4.69) is 32.9 Å². The van der Waals surface area contributed by atoms with Gasteiger partial charge in [0.05, 0.1) is 7.11 Å². The molecule has 1 aromatic heterocycles. The van der Waals surface area contributed by atoms with Crippen LogP contribution in [0.3, 0.4) is 0 Å². The van der Waals surface area contributed by atoms with E-state index in [0.29, 0.717) is 5.92 Å². The topological polar surface area (TPSA) is 9.23 Å². The lowest BCUT2D eigenvalue weighted by atomic mass is 10.1. The molecule has 0 aliphatic rings. The highest BCUT2D eigenvalue weighted by molar-refractivity contribution is 7.19. The number of hydrogen-bond donors (Lipinski definition) is 0. The summed E-state index contributed by atoms with van der Waals surface area (Å²) in [6.07, 6.45) is 0. The summed E-state index contributed by atoms with van der Waals surface area (Å²) in [5.41, 5.74) is 1.42. The van der Waals surface area contributed by atoms with Crippen molar-refractivity contribution < 1.29 is 4.74 Å². The van der Waals surface area contributed by atoms with Gasteiger partial charge in [0.15, 0.2) is 0 Å². The number of fused-ring (bicyclic) bond motifs is 1. The molecule has 0 radical (unpaired) electrons. The van der Waals surface area contributed by atoms with Crippen LogP contribution in [0.25, 0.3) is 10.1 Å². The highest BCUT2D eigenvalue weighted by Crippen LogP contribution is 2.36. The van der Waals surface area contributed by atoms with Gasteiger partial charge in [-0.15, -0.1) is 11.3 Å². The minimum Gasteiger partial charge on any atom is -0.497 e. The Morgan fingerprint density at radius 2 is 2.00 bits per heavy atom. The molecule has 2 rings (SSSR count). The molecule has 1 nitrogen and oxygen atoms in total. The van der Waals surface area contributed by atoms with Gasteiger partial charge in [-0.05, 0) is 42.0 Å². The van der Waals surface area contributed by atoms with E-state index in [9.17, 15) is 0 Å². The quantitative estimate of drug-likeness (QED) is 0.731. The van der Waals surface area contributed by atoms with E-state index in [1.807, 2.05) is 17.4 Å². The van der Waals surface area contributed by atoms with E-state index in [0.717, 1.165) is 5.75 Å². The molecule has 0 aliphatic heterocycles. The molecule has 0 unspecified atom stereocenters. The maximum Gasteiger partial charge on any atom is 0.120 e. The number of thiophene rings is 1. The van der Waals surface area contributed by atoms with Crippen molar-refractivity contribution >= 4 is 21.4 Å². The smallest absolute Gasteiger partial charge is 0.120 e. The summed E-state index contributed by atoms with van der Waals surface area (Å²) in [5, 5.41) is 1.37. The van der Waals surface area contributed by atoms with Crippen molar-refractivity contribution in [3.63, 3.8) is 0 Å². The normalized spacial score (nSPS) is 11.3. The number of benzene rings is 1. The number of hydrogen-bond acceptors (Lipinski definition) is 2. The Balaban J connectivity index is 2.65. The maximum absolute atomic E-state index is 5.24. The second kappa shape index (κ2) is 3.86. The molecule has 0 atom stereocenters. The molecule has 0 spiro atoms. The summed E-state index contributed by atoms with van der Waals surface area (Å²) in [5.74, 6) is 1.55. The van der Waals surface area contributed by atoms with E-state index in [1.165, 1.54) is 20.5 Å². The second-order valence-electron chi connectivity index (χ2n) is 4.11. The van der Waals surface area contributed by atoms with Crippen LogP contribution in [-0.2, 0) is 0 Å². The van der Waals surface area contributed by atoms with Crippen LogP contribution in [0.2, 0.25) is 0 Å². The first kappa shape index (κ1) is 10.5. The zero-order chi connectivity index (χ0) is 11.0.